The van der Waals surface area contributed by atoms with Gasteiger partial charge >= 0.3 is 0 Å². The van der Waals surface area contributed by atoms with Gasteiger partial charge in [0.15, 0.2) is 0 Å². The van der Waals surface area contributed by atoms with Crippen molar-refractivity contribution in [1.82, 2.24) is 20.1 Å². The monoisotopic (exact) mass is 400 g/mol. The van der Waals surface area contributed by atoms with Gasteiger partial charge in [-0.05, 0) is 43.0 Å². The van der Waals surface area contributed by atoms with E-state index in [4.69, 9.17) is 0 Å². The number of nitrogens with zero attached hydrogens (tertiary/aromatic N) is 2. The standard InChI is InChI=1S/C25H28N4O/c1-17-20(18(2)29(3)28-17)13-14-25(30)27-15-22(19-9-5-4-6-10-19)23-16-26-24-12-8-7-11-21(23)24/h4-12,16,22,26H,13-15H2,1-3H3,(H,27,30). The minimum atomic E-state index is 0.0680. The molecule has 4 aromatic rings. The average Bonchev–Trinajstić information content (AvgIpc) is 3.28. The lowest BCUT2D eigenvalue weighted by Gasteiger charge is -2.18. The summed E-state index contributed by atoms with van der Waals surface area (Å²) < 4.78 is 1.88. The Balaban J connectivity index is 1.49. The Bertz CT molecular complexity index is 1160. The van der Waals surface area contributed by atoms with Crippen LogP contribution in [0.25, 0.3) is 10.9 Å². The van der Waals surface area contributed by atoms with Crippen LogP contribution in [-0.4, -0.2) is 27.2 Å². The predicted molar refractivity (Wildman–Crippen MR) is 121 cm³/mol. The minimum absolute atomic E-state index is 0.0680. The van der Waals surface area contributed by atoms with Crippen LogP contribution in [0.3, 0.4) is 0 Å². The highest BCUT2D eigenvalue weighted by Crippen LogP contribution is 2.30. The van der Waals surface area contributed by atoms with Crippen molar-refractivity contribution in [2.45, 2.75) is 32.6 Å². The van der Waals surface area contributed by atoms with Crippen molar-refractivity contribution in [2.24, 2.45) is 7.05 Å². The third-order valence-electron chi connectivity index (χ3n) is 5.96. The molecule has 5 nitrogen and oxygen atoms in total. The molecular weight excluding hydrogens is 372 g/mol. The van der Waals surface area contributed by atoms with Crippen molar-refractivity contribution in [3.63, 3.8) is 0 Å². The lowest BCUT2D eigenvalue weighted by Crippen LogP contribution is -2.29. The molecule has 0 bridgehead atoms. The molecule has 2 aromatic heterocycles. The highest BCUT2D eigenvalue weighted by Gasteiger charge is 2.19. The molecule has 5 heteroatoms. The zero-order valence-electron chi connectivity index (χ0n) is 17.8. The normalized spacial score (nSPS) is 12.2. The first-order chi connectivity index (χ1) is 14.5. The summed E-state index contributed by atoms with van der Waals surface area (Å²) in [6.45, 7) is 4.62. The van der Waals surface area contributed by atoms with Crippen molar-refractivity contribution < 1.29 is 4.79 Å². The Kier molecular flexibility index (Phi) is 5.70. The largest absolute Gasteiger partial charge is 0.361 e. The second-order valence-electron chi connectivity index (χ2n) is 7.83. The Morgan fingerprint density at radius 3 is 2.57 bits per heavy atom. The number of aromatic nitrogens is 3. The number of rotatable bonds is 7. The summed E-state index contributed by atoms with van der Waals surface area (Å²) in [5.74, 6) is 0.159. The highest BCUT2D eigenvalue weighted by molar-refractivity contribution is 5.84. The van der Waals surface area contributed by atoms with Gasteiger partial charge in [0.2, 0.25) is 5.91 Å². The smallest absolute Gasteiger partial charge is 0.220 e. The van der Waals surface area contributed by atoms with E-state index in [1.54, 1.807) is 0 Å². The number of para-hydroxylation sites is 1. The second-order valence-corrected chi connectivity index (χ2v) is 7.83. The highest BCUT2D eigenvalue weighted by atomic mass is 16.1. The fraction of sp³-hybridized carbons (Fsp3) is 0.280. The molecule has 0 fully saturated rings. The van der Waals surface area contributed by atoms with Gasteiger partial charge in [-0.1, -0.05) is 48.5 Å². The molecule has 4 rings (SSSR count). The Morgan fingerprint density at radius 1 is 1.10 bits per heavy atom. The maximum atomic E-state index is 12.7. The molecule has 2 aromatic carbocycles. The summed E-state index contributed by atoms with van der Waals surface area (Å²) in [7, 11) is 1.94. The van der Waals surface area contributed by atoms with Crippen LogP contribution < -0.4 is 5.32 Å². The molecule has 1 atom stereocenters. The van der Waals surface area contributed by atoms with Gasteiger partial charge in [-0.25, -0.2) is 0 Å². The molecule has 154 valence electrons. The van der Waals surface area contributed by atoms with Crippen molar-refractivity contribution >= 4 is 16.8 Å². The van der Waals surface area contributed by atoms with Crippen LogP contribution >= 0.6 is 0 Å². The van der Waals surface area contributed by atoms with Crippen LogP contribution in [0.2, 0.25) is 0 Å². The number of nitrogens with one attached hydrogen (secondary N) is 2. The topological polar surface area (TPSA) is 62.7 Å². The summed E-state index contributed by atoms with van der Waals surface area (Å²) in [6.07, 6.45) is 3.24. The summed E-state index contributed by atoms with van der Waals surface area (Å²) in [6, 6.07) is 18.7. The van der Waals surface area contributed by atoms with Crippen LogP contribution in [-0.2, 0) is 18.3 Å². The third-order valence-corrected chi connectivity index (χ3v) is 5.96. The van der Waals surface area contributed by atoms with E-state index >= 15 is 0 Å². The average molecular weight is 401 g/mol. The summed E-state index contributed by atoms with van der Waals surface area (Å²) >= 11 is 0. The third kappa shape index (κ3) is 4.01. The van der Waals surface area contributed by atoms with Gasteiger partial charge in [0.1, 0.15) is 0 Å². The summed E-state index contributed by atoms with van der Waals surface area (Å²) in [5.41, 5.74) is 6.81. The number of H-pyrrole nitrogens is 1. The van der Waals surface area contributed by atoms with E-state index in [0.717, 1.165) is 16.9 Å². The molecule has 30 heavy (non-hydrogen) atoms. The van der Waals surface area contributed by atoms with Crippen LogP contribution in [0.15, 0.2) is 60.8 Å². The minimum Gasteiger partial charge on any atom is -0.361 e. The van der Waals surface area contributed by atoms with Crippen LogP contribution in [0.4, 0.5) is 0 Å². The van der Waals surface area contributed by atoms with E-state index in [9.17, 15) is 4.79 Å². The lowest BCUT2D eigenvalue weighted by molar-refractivity contribution is -0.121. The van der Waals surface area contributed by atoms with Gasteiger partial charge in [-0.2, -0.15) is 5.10 Å². The summed E-state index contributed by atoms with van der Waals surface area (Å²) in [4.78, 5) is 16.0. The van der Waals surface area contributed by atoms with Gasteiger partial charge in [-0.3, -0.25) is 9.48 Å². The molecule has 1 amide bonds. The van der Waals surface area contributed by atoms with Gasteiger partial charge in [0, 0.05) is 48.7 Å². The van der Waals surface area contributed by atoms with Gasteiger partial charge in [0.25, 0.3) is 0 Å². The van der Waals surface area contributed by atoms with Crippen LogP contribution in [0, 0.1) is 13.8 Å². The zero-order valence-corrected chi connectivity index (χ0v) is 17.8. The number of aryl methyl sites for hydroxylation is 2. The first kappa shape index (κ1) is 20.0. The molecule has 1 unspecified atom stereocenters. The van der Waals surface area contributed by atoms with Crippen molar-refractivity contribution in [3.8, 4) is 0 Å². The van der Waals surface area contributed by atoms with E-state index in [2.05, 4.69) is 58.9 Å². The predicted octanol–water partition coefficient (Wildman–Crippen LogP) is 4.40. The maximum Gasteiger partial charge on any atom is 0.220 e. The van der Waals surface area contributed by atoms with Gasteiger partial charge in [-0.15, -0.1) is 0 Å². The molecule has 2 N–H and O–H groups in total. The Morgan fingerprint density at radius 2 is 1.83 bits per heavy atom. The fourth-order valence-electron chi connectivity index (χ4n) is 4.20. The second kappa shape index (κ2) is 8.57. The van der Waals surface area contributed by atoms with E-state index in [0.29, 0.717) is 19.4 Å². The zero-order chi connectivity index (χ0) is 21.1. The van der Waals surface area contributed by atoms with Crippen molar-refractivity contribution in [2.75, 3.05) is 6.54 Å². The van der Waals surface area contributed by atoms with E-state index in [-0.39, 0.29) is 11.8 Å². The van der Waals surface area contributed by atoms with Gasteiger partial charge in [0.05, 0.1) is 5.69 Å². The quantitative estimate of drug-likeness (QED) is 0.483. The number of amides is 1. The number of carbonyl (C=O) groups is 1. The molecule has 0 aliphatic heterocycles. The molecule has 0 saturated carbocycles. The lowest BCUT2D eigenvalue weighted by atomic mass is 9.91. The number of benzene rings is 2. The maximum absolute atomic E-state index is 12.7. The first-order valence-corrected chi connectivity index (χ1v) is 10.4. The van der Waals surface area contributed by atoms with E-state index in [1.165, 1.54) is 22.1 Å². The number of aromatic amines is 1. The SMILES string of the molecule is Cc1nn(C)c(C)c1CCC(=O)NCC(c1ccccc1)c1c[nH]c2ccccc12. The number of carbonyl (C=O) groups excluding carboxylic acids is 1. The van der Waals surface area contributed by atoms with Crippen molar-refractivity contribution in [3.05, 3.63) is 88.9 Å². The fourth-order valence-corrected chi connectivity index (χ4v) is 4.20. The number of hydrogen-bond acceptors (Lipinski definition) is 2. The van der Waals surface area contributed by atoms with E-state index < -0.39 is 0 Å². The molecule has 0 saturated heterocycles. The van der Waals surface area contributed by atoms with E-state index in [1.807, 2.05) is 42.9 Å². The molecule has 0 radical (unpaired) electrons. The molecule has 0 aliphatic rings. The summed E-state index contributed by atoms with van der Waals surface area (Å²) in [5, 5.41) is 8.81. The number of fused-ring (bicyclic) bond motifs is 1. The first-order valence-electron chi connectivity index (χ1n) is 10.4. The molecule has 2 heterocycles. The van der Waals surface area contributed by atoms with Crippen LogP contribution in [0.5, 0.6) is 0 Å². The van der Waals surface area contributed by atoms with Crippen LogP contribution in [0.1, 0.15) is 40.4 Å². The van der Waals surface area contributed by atoms with Gasteiger partial charge < -0.3 is 10.3 Å². The van der Waals surface area contributed by atoms with Crippen molar-refractivity contribution in [1.29, 1.82) is 0 Å². The Hall–Kier alpha value is -3.34. The molecular formula is C25H28N4O. The molecule has 0 spiro atoms. The molecule has 0 aliphatic carbocycles. The number of hydrogen-bond donors (Lipinski definition) is 2. The Labute approximate surface area is 177 Å².